The zero-order valence-corrected chi connectivity index (χ0v) is 30.7. The molecule has 3 aromatic rings. The lowest BCUT2D eigenvalue weighted by molar-refractivity contribution is -0.00833. The van der Waals surface area contributed by atoms with Gasteiger partial charge in [0.2, 0.25) is 10.0 Å². The Balaban J connectivity index is 1.61. The van der Waals surface area contributed by atoms with Crippen molar-refractivity contribution in [1.82, 2.24) is 9.21 Å². The van der Waals surface area contributed by atoms with E-state index in [1.807, 2.05) is 13.8 Å². The summed E-state index contributed by atoms with van der Waals surface area (Å²) in [7, 11) is -0.801. The van der Waals surface area contributed by atoms with Crippen LogP contribution in [0, 0.1) is 5.92 Å². The van der Waals surface area contributed by atoms with E-state index >= 15 is 0 Å². The van der Waals surface area contributed by atoms with E-state index < -0.39 is 34.1 Å². The van der Waals surface area contributed by atoms with Crippen LogP contribution < -0.4 is 20.1 Å². The Labute approximate surface area is 299 Å². The minimum absolute atomic E-state index is 0.0368. The minimum Gasteiger partial charge on any atom is -0.497 e. The van der Waals surface area contributed by atoms with E-state index in [1.54, 1.807) is 56.5 Å². The molecule has 3 aromatic carbocycles. The number of likely N-dealkylation sites (N-methyl/N-ethyl adjacent to an activating group) is 1. The molecule has 0 fully saturated rings. The van der Waals surface area contributed by atoms with Gasteiger partial charge >= 0.3 is 6.03 Å². The number of amides is 3. The van der Waals surface area contributed by atoms with Crippen LogP contribution in [0.5, 0.6) is 11.5 Å². The molecule has 0 saturated carbocycles. The topological polar surface area (TPSA) is 147 Å². The Kier molecular flexibility index (Phi) is 13.9. The van der Waals surface area contributed by atoms with E-state index in [0.717, 1.165) is 12.8 Å². The summed E-state index contributed by atoms with van der Waals surface area (Å²) >= 11 is 5.99. The number of benzene rings is 3. The summed E-state index contributed by atoms with van der Waals surface area (Å²) in [5.74, 6) is 0.236. The first-order valence-corrected chi connectivity index (χ1v) is 18.4. The second-order valence-corrected chi connectivity index (χ2v) is 15.0. The van der Waals surface area contributed by atoms with Gasteiger partial charge in [-0.15, -0.1) is 0 Å². The maximum atomic E-state index is 14.4. The molecule has 1 aliphatic heterocycles. The van der Waals surface area contributed by atoms with Crippen molar-refractivity contribution in [3.05, 3.63) is 77.3 Å². The highest BCUT2D eigenvalue weighted by Crippen LogP contribution is 2.29. The van der Waals surface area contributed by atoms with Crippen molar-refractivity contribution in [2.24, 2.45) is 5.92 Å². The maximum absolute atomic E-state index is 14.4. The summed E-state index contributed by atoms with van der Waals surface area (Å²) in [5, 5.41) is 16.2. The third kappa shape index (κ3) is 10.3. The predicted octanol–water partition coefficient (Wildman–Crippen LogP) is 6.11. The number of fused-ring (bicyclic) bond motifs is 1. The molecule has 0 aromatic heterocycles. The molecule has 0 saturated heterocycles. The smallest absolute Gasteiger partial charge is 0.323 e. The maximum Gasteiger partial charge on any atom is 0.323 e. The van der Waals surface area contributed by atoms with Crippen molar-refractivity contribution in [3.63, 3.8) is 0 Å². The number of sulfonamides is 1. The average Bonchev–Trinajstić information content (AvgIpc) is 3.09. The van der Waals surface area contributed by atoms with E-state index in [-0.39, 0.29) is 42.2 Å². The van der Waals surface area contributed by atoms with Crippen LogP contribution in [-0.4, -0.2) is 93.4 Å². The first-order valence-electron chi connectivity index (χ1n) is 16.6. The number of carbonyl (C=O) groups is 2. The van der Waals surface area contributed by atoms with Crippen LogP contribution in [0.4, 0.5) is 16.2 Å². The highest BCUT2D eigenvalue weighted by atomic mass is 35.5. The Morgan fingerprint density at radius 3 is 2.38 bits per heavy atom. The Morgan fingerprint density at radius 2 is 1.72 bits per heavy atom. The van der Waals surface area contributed by atoms with Crippen LogP contribution in [0.25, 0.3) is 0 Å². The van der Waals surface area contributed by atoms with E-state index in [1.165, 1.54) is 40.5 Å². The normalized spacial score (nSPS) is 19.9. The average molecular weight is 731 g/mol. The number of aliphatic hydroxyl groups is 1. The minimum atomic E-state index is -3.86. The van der Waals surface area contributed by atoms with Crippen molar-refractivity contribution in [3.8, 4) is 11.5 Å². The van der Waals surface area contributed by atoms with Gasteiger partial charge in [0.15, 0.2) is 0 Å². The summed E-state index contributed by atoms with van der Waals surface area (Å²) in [6, 6.07) is 16.6. The molecule has 1 aliphatic rings. The summed E-state index contributed by atoms with van der Waals surface area (Å²) in [4.78, 5) is 28.9. The Bertz CT molecular complexity index is 1690. The molecule has 272 valence electrons. The lowest BCUT2D eigenvalue weighted by Crippen LogP contribution is -2.48. The number of halogens is 1. The molecule has 0 aliphatic carbocycles. The molecule has 0 radical (unpaired) electrons. The molecule has 3 N–H and O–H groups in total. The molecule has 12 nitrogen and oxygen atoms in total. The number of anilines is 2. The van der Waals surface area contributed by atoms with Gasteiger partial charge in [0.1, 0.15) is 11.5 Å². The second kappa shape index (κ2) is 17.9. The fraction of sp³-hybridized carbons (Fsp3) is 0.444. The van der Waals surface area contributed by atoms with Crippen LogP contribution in [-0.2, 0) is 14.8 Å². The third-order valence-electron chi connectivity index (χ3n) is 8.62. The van der Waals surface area contributed by atoms with E-state index in [4.69, 9.17) is 25.8 Å². The Morgan fingerprint density at radius 1 is 1.06 bits per heavy atom. The monoisotopic (exact) mass is 730 g/mol. The lowest BCUT2D eigenvalue weighted by Gasteiger charge is -2.35. The number of ether oxygens (including phenoxy) is 3. The highest BCUT2D eigenvalue weighted by molar-refractivity contribution is 7.89. The number of rotatable bonds is 9. The second-order valence-electron chi connectivity index (χ2n) is 12.6. The van der Waals surface area contributed by atoms with Crippen molar-refractivity contribution in [1.29, 1.82) is 0 Å². The van der Waals surface area contributed by atoms with Gasteiger partial charge in [-0.1, -0.05) is 18.5 Å². The quantitative estimate of drug-likeness (QED) is 0.239. The van der Waals surface area contributed by atoms with Gasteiger partial charge in [0, 0.05) is 49.1 Å². The highest BCUT2D eigenvalue weighted by Gasteiger charge is 2.32. The number of nitrogens with zero attached hydrogens (tertiary/aromatic N) is 2. The molecule has 1 heterocycles. The fourth-order valence-corrected chi connectivity index (χ4v) is 6.88. The first kappa shape index (κ1) is 38.9. The number of aliphatic hydroxyl groups excluding tert-OH is 1. The number of hydrogen-bond donors (Lipinski definition) is 3. The molecular weight excluding hydrogens is 684 g/mol. The summed E-state index contributed by atoms with van der Waals surface area (Å²) in [6.07, 6.45) is 1.37. The zero-order chi connectivity index (χ0) is 36.4. The molecule has 4 rings (SSSR count). The van der Waals surface area contributed by atoms with Gasteiger partial charge < -0.3 is 34.9 Å². The van der Waals surface area contributed by atoms with Gasteiger partial charge in [-0.2, -0.15) is 4.31 Å². The Hall–Kier alpha value is -3.88. The van der Waals surface area contributed by atoms with Crippen LogP contribution in [0.2, 0.25) is 5.02 Å². The summed E-state index contributed by atoms with van der Waals surface area (Å²) in [5.41, 5.74) is 1.12. The molecule has 4 atom stereocenters. The third-order valence-corrected chi connectivity index (χ3v) is 10.7. The number of hydrogen-bond acceptors (Lipinski definition) is 8. The number of urea groups is 1. The fourth-order valence-electron chi connectivity index (χ4n) is 5.57. The van der Waals surface area contributed by atoms with Crippen molar-refractivity contribution < 1.29 is 37.3 Å². The van der Waals surface area contributed by atoms with Crippen molar-refractivity contribution in [2.45, 2.75) is 63.2 Å². The molecule has 0 bridgehead atoms. The molecule has 0 spiro atoms. The van der Waals surface area contributed by atoms with E-state index in [0.29, 0.717) is 40.9 Å². The van der Waals surface area contributed by atoms with Crippen LogP contribution in [0.3, 0.4) is 0 Å². The van der Waals surface area contributed by atoms with Crippen molar-refractivity contribution in [2.75, 3.05) is 51.1 Å². The van der Waals surface area contributed by atoms with Crippen molar-refractivity contribution >= 4 is 44.9 Å². The first-order chi connectivity index (χ1) is 23.8. The zero-order valence-electron chi connectivity index (χ0n) is 29.1. The molecule has 3 amide bonds. The molecule has 14 heteroatoms. The largest absolute Gasteiger partial charge is 0.497 e. The van der Waals surface area contributed by atoms with E-state index in [9.17, 15) is 23.1 Å². The molecule has 0 unspecified atom stereocenters. The standard InChI is InChI=1S/C36H47ClN4O8S/c1-24-21-41(25(2)23-42)35(43)32-20-29(39-36(44)38-28-11-14-30(47-5)15-12-28)13-18-33(32)49-26(3)8-6-7-19-48-34(24)22-40(4)50(45,46)31-16-9-27(37)10-17-31/h9-18,20,24-26,34,42H,6-8,19,21-23H2,1-5H3,(H2,38,39,44)/t24-,25-,26-,34+/m1/s1. The predicted molar refractivity (Wildman–Crippen MR) is 194 cm³/mol. The molecule has 50 heavy (non-hydrogen) atoms. The van der Waals surface area contributed by atoms with Gasteiger partial charge in [0.05, 0.1) is 42.4 Å². The molecular formula is C36H47ClN4O8S. The summed E-state index contributed by atoms with van der Waals surface area (Å²) in [6.45, 7) is 5.80. The number of carbonyl (C=O) groups excluding carboxylic acids is 2. The van der Waals surface area contributed by atoms with Gasteiger partial charge in [-0.3, -0.25) is 4.79 Å². The van der Waals surface area contributed by atoms with Gasteiger partial charge in [0.25, 0.3) is 5.91 Å². The van der Waals surface area contributed by atoms with Crippen LogP contribution in [0.1, 0.15) is 50.4 Å². The van der Waals surface area contributed by atoms with Gasteiger partial charge in [-0.05, 0) is 99.8 Å². The van der Waals surface area contributed by atoms with E-state index in [2.05, 4.69) is 10.6 Å². The number of methoxy groups -OCH3 is 1. The number of nitrogens with one attached hydrogen (secondary N) is 2. The summed E-state index contributed by atoms with van der Waals surface area (Å²) < 4.78 is 45.9. The van der Waals surface area contributed by atoms with Crippen LogP contribution >= 0.6 is 11.6 Å². The lowest BCUT2D eigenvalue weighted by atomic mass is 10.0. The van der Waals surface area contributed by atoms with Gasteiger partial charge in [-0.25, -0.2) is 13.2 Å². The van der Waals surface area contributed by atoms with Crippen LogP contribution in [0.15, 0.2) is 71.6 Å². The SMILES string of the molecule is COc1ccc(NC(=O)Nc2ccc3c(c2)C(=O)N([C@H](C)CO)C[C@@H](C)[C@H](CN(C)S(=O)(=O)c2ccc(Cl)cc2)OCCCC[C@@H](C)O3)cc1.